The van der Waals surface area contributed by atoms with Crippen molar-refractivity contribution >= 4 is 5.91 Å². The Hall–Kier alpha value is -1.55. The van der Waals surface area contributed by atoms with Crippen molar-refractivity contribution in [3.63, 3.8) is 0 Å². The van der Waals surface area contributed by atoms with E-state index in [9.17, 15) is 4.79 Å². The topological polar surface area (TPSA) is 55.6 Å². The lowest BCUT2D eigenvalue weighted by atomic mass is 10.0. The number of methoxy groups -OCH3 is 1. The summed E-state index contributed by atoms with van der Waals surface area (Å²) in [6.07, 6.45) is 0. The summed E-state index contributed by atoms with van der Waals surface area (Å²) in [5, 5.41) is 0. The van der Waals surface area contributed by atoms with Crippen molar-refractivity contribution < 1.29 is 9.53 Å². The van der Waals surface area contributed by atoms with E-state index in [0.717, 1.165) is 11.3 Å². The van der Waals surface area contributed by atoms with Crippen LogP contribution in [0.25, 0.3) is 0 Å². The highest BCUT2D eigenvalue weighted by Gasteiger charge is 2.09. The Morgan fingerprint density at radius 1 is 1.35 bits per heavy atom. The Morgan fingerprint density at radius 3 is 2.47 bits per heavy atom. The van der Waals surface area contributed by atoms with Gasteiger partial charge in [-0.25, -0.2) is 0 Å². The van der Waals surface area contributed by atoms with Crippen LogP contribution in [0.5, 0.6) is 5.75 Å². The number of nitrogens with two attached hydrogens (primary N) is 1. The van der Waals surface area contributed by atoms with Crippen LogP contribution in [0, 0.1) is 13.8 Å². The molecule has 0 saturated heterocycles. The van der Waals surface area contributed by atoms with Crippen molar-refractivity contribution in [2.24, 2.45) is 5.73 Å². The minimum atomic E-state index is -0.324. The largest absolute Gasteiger partial charge is 0.496 e. The maximum absolute atomic E-state index is 10.8. The average Bonchev–Trinajstić information content (AvgIpc) is 2.21. The predicted octanol–water partition coefficient (Wildman–Crippen LogP) is 1.23. The van der Waals surface area contributed by atoms with Crippen molar-refractivity contribution in [2.45, 2.75) is 20.4 Å². The van der Waals surface area contributed by atoms with E-state index in [1.165, 1.54) is 11.1 Å². The van der Waals surface area contributed by atoms with E-state index in [-0.39, 0.29) is 12.5 Å². The molecule has 4 nitrogen and oxygen atoms in total. The van der Waals surface area contributed by atoms with E-state index in [2.05, 4.69) is 19.9 Å². The first kappa shape index (κ1) is 13.5. The third-order valence-corrected chi connectivity index (χ3v) is 2.76. The van der Waals surface area contributed by atoms with Gasteiger partial charge < -0.3 is 10.5 Å². The molecule has 0 heterocycles. The summed E-state index contributed by atoms with van der Waals surface area (Å²) in [4.78, 5) is 12.7. The van der Waals surface area contributed by atoms with E-state index in [0.29, 0.717) is 6.54 Å². The van der Waals surface area contributed by atoms with Crippen molar-refractivity contribution in [3.05, 3.63) is 28.8 Å². The lowest BCUT2D eigenvalue weighted by molar-refractivity contribution is -0.118. The fourth-order valence-corrected chi connectivity index (χ4v) is 1.78. The van der Waals surface area contributed by atoms with Crippen LogP contribution < -0.4 is 10.5 Å². The Morgan fingerprint density at radius 2 is 1.94 bits per heavy atom. The van der Waals surface area contributed by atoms with Gasteiger partial charge in [0.05, 0.1) is 13.7 Å². The van der Waals surface area contributed by atoms with Crippen LogP contribution >= 0.6 is 0 Å². The van der Waals surface area contributed by atoms with Crippen LogP contribution in [0.3, 0.4) is 0 Å². The van der Waals surface area contributed by atoms with Gasteiger partial charge in [-0.3, -0.25) is 9.69 Å². The first-order valence-electron chi connectivity index (χ1n) is 5.55. The van der Waals surface area contributed by atoms with Crippen molar-refractivity contribution in [1.29, 1.82) is 0 Å². The lowest BCUT2D eigenvalue weighted by Gasteiger charge is -2.18. The molecule has 0 saturated carbocycles. The molecule has 1 rings (SSSR count). The Bertz CT molecular complexity index is 416. The van der Waals surface area contributed by atoms with Crippen molar-refractivity contribution in [2.75, 3.05) is 20.7 Å². The molecule has 17 heavy (non-hydrogen) atoms. The fourth-order valence-electron chi connectivity index (χ4n) is 1.78. The minimum Gasteiger partial charge on any atom is -0.496 e. The number of nitrogens with zero attached hydrogens (tertiary/aromatic N) is 1. The number of hydrogen-bond donors (Lipinski definition) is 1. The number of ether oxygens (including phenoxy) is 1. The monoisotopic (exact) mass is 236 g/mol. The summed E-state index contributed by atoms with van der Waals surface area (Å²) < 4.78 is 5.34. The molecule has 0 unspecified atom stereocenters. The van der Waals surface area contributed by atoms with Gasteiger partial charge in [0.15, 0.2) is 0 Å². The zero-order valence-electron chi connectivity index (χ0n) is 10.9. The molecule has 0 spiro atoms. The molecule has 1 aromatic rings. The maximum atomic E-state index is 10.8. The summed E-state index contributed by atoms with van der Waals surface area (Å²) in [6.45, 7) is 5.00. The molecule has 0 bridgehead atoms. The second-order valence-electron chi connectivity index (χ2n) is 4.39. The molecule has 0 fully saturated rings. The Kier molecular flexibility index (Phi) is 4.52. The average molecular weight is 236 g/mol. The SMILES string of the molecule is COc1cc(C)c(C)cc1CN(C)CC(N)=O. The number of carbonyl (C=O) groups excluding carboxylic acids is 1. The maximum Gasteiger partial charge on any atom is 0.231 e. The van der Waals surface area contributed by atoms with Gasteiger partial charge in [-0.2, -0.15) is 0 Å². The predicted molar refractivity (Wildman–Crippen MR) is 68.0 cm³/mol. The molecule has 1 amide bonds. The van der Waals surface area contributed by atoms with E-state index < -0.39 is 0 Å². The molecule has 0 aromatic heterocycles. The number of amides is 1. The number of likely N-dealkylation sites (N-methyl/N-ethyl adjacent to an activating group) is 1. The highest BCUT2D eigenvalue weighted by Crippen LogP contribution is 2.23. The summed E-state index contributed by atoms with van der Waals surface area (Å²) in [5.41, 5.74) is 8.64. The number of hydrogen-bond acceptors (Lipinski definition) is 3. The Balaban J connectivity index is 2.89. The standard InChI is InChI=1S/C13H20N2O2/c1-9-5-11(7-15(3)8-13(14)16)12(17-4)6-10(9)2/h5-6H,7-8H2,1-4H3,(H2,14,16). The number of carbonyl (C=O) groups is 1. The molecule has 0 radical (unpaired) electrons. The van der Waals surface area contributed by atoms with Gasteiger partial charge in [0.1, 0.15) is 5.75 Å². The third-order valence-electron chi connectivity index (χ3n) is 2.76. The van der Waals surface area contributed by atoms with Crippen LogP contribution in [0.4, 0.5) is 0 Å². The van der Waals surface area contributed by atoms with E-state index in [1.807, 2.05) is 18.0 Å². The Labute approximate surface area is 102 Å². The summed E-state index contributed by atoms with van der Waals surface area (Å²) >= 11 is 0. The molecule has 0 aliphatic rings. The quantitative estimate of drug-likeness (QED) is 0.836. The van der Waals surface area contributed by atoms with Gasteiger partial charge in [-0.15, -0.1) is 0 Å². The van der Waals surface area contributed by atoms with Gasteiger partial charge in [-0.05, 0) is 38.1 Å². The van der Waals surface area contributed by atoms with Gasteiger partial charge in [-0.1, -0.05) is 6.07 Å². The summed E-state index contributed by atoms with van der Waals surface area (Å²) in [7, 11) is 3.51. The van der Waals surface area contributed by atoms with Gasteiger partial charge in [0.2, 0.25) is 5.91 Å². The van der Waals surface area contributed by atoms with E-state index >= 15 is 0 Å². The van der Waals surface area contributed by atoms with Gasteiger partial charge in [0.25, 0.3) is 0 Å². The molecular formula is C13H20N2O2. The van der Waals surface area contributed by atoms with Crippen LogP contribution in [0.1, 0.15) is 16.7 Å². The first-order valence-corrected chi connectivity index (χ1v) is 5.55. The highest BCUT2D eigenvalue weighted by atomic mass is 16.5. The van der Waals surface area contributed by atoms with Gasteiger partial charge >= 0.3 is 0 Å². The number of primary amides is 1. The highest BCUT2D eigenvalue weighted by molar-refractivity contribution is 5.75. The lowest BCUT2D eigenvalue weighted by Crippen LogP contribution is -2.30. The molecule has 2 N–H and O–H groups in total. The number of rotatable bonds is 5. The minimum absolute atomic E-state index is 0.246. The second kappa shape index (κ2) is 5.68. The molecule has 0 atom stereocenters. The van der Waals surface area contributed by atoms with E-state index in [4.69, 9.17) is 10.5 Å². The third kappa shape index (κ3) is 3.75. The normalized spacial score (nSPS) is 10.6. The molecule has 1 aromatic carbocycles. The molecule has 0 aliphatic heterocycles. The summed E-state index contributed by atoms with van der Waals surface area (Å²) in [6, 6.07) is 4.11. The second-order valence-corrected chi connectivity index (χ2v) is 4.39. The van der Waals surface area contributed by atoms with E-state index in [1.54, 1.807) is 7.11 Å². The van der Waals surface area contributed by atoms with Crippen LogP contribution in [0.2, 0.25) is 0 Å². The van der Waals surface area contributed by atoms with Crippen LogP contribution in [-0.2, 0) is 11.3 Å². The zero-order chi connectivity index (χ0) is 13.0. The number of benzene rings is 1. The van der Waals surface area contributed by atoms with Crippen molar-refractivity contribution in [3.8, 4) is 5.75 Å². The number of aryl methyl sites for hydroxylation is 2. The van der Waals surface area contributed by atoms with Crippen LogP contribution in [0.15, 0.2) is 12.1 Å². The van der Waals surface area contributed by atoms with Crippen LogP contribution in [-0.4, -0.2) is 31.5 Å². The summed E-state index contributed by atoms with van der Waals surface area (Å²) in [5.74, 6) is 0.528. The smallest absolute Gasteiger partial charge is 0.231 e. The first-order chi connectivity index (χ1) is 7.93. The fraction of sp³-hybridized carbons (Fsp3) is 0.462. The van der Waals surface area contributed by atoms with Crippen molar-refractivity contribution in [1.82, 2.24) is 4.90 Å². The molecule has 94 valence electrons. The van der Waals surface area contributed by atoms with Gasteiger partial charge in [0, 0.05) is 12.1 Å². The zero-order valence-corrected chi connectivity index (χ0v) is 10.9. The molecule has 0 aliphatic carbocycles. The molecular weight excluding hydrogens is 216 g/mol. The molecule has 4 heteroatoms.